The number of thioether (sulfide) groups is 1. The molecule has 1 aromatic heterocycles. The lowest BCUT2D eigenvalue weighted by Gasteiger charge is -2.32. The molecule has 0 spiro atoms. The third-order valence-corrected chi connectivity index (χ3v) is 5.39. The van der Waals surface area contributed by atoms with Crippen LogP contribution in [0.3, 0.4) is 0 Å². The molecule has 1 aliphatic rings. The highest BCUT2D eigenvalue weighted by atomic mass is 35.5. The number of nitrogens with zero attached hydrogens (tertiary/aromatic N) is 2. The summed E-state index contributed by atoms with van der Waals surface area (Å²) >= 11 is 6.74. The maximum absolute atomic E-state index is 13.0. The Labute approximate surface area is 166 Å². The Morgan fingerprint density at radius 1 is 1.43 bits per heavy atom. The number of halogens is 4. The van der Waals surface area contributed by atoms with Crippen molar-refractivity contribution in [1.82, 2.24) is 15.4 Å². The molecule has 1 aliphatic carbocycles. The summed E-state index contributed by atoms with van der Waals surface area (Å²) in [6.07, 6.45) is -0.518. The van der Waals surface area contributed by atoms with Gasteiger partial charge in [0.05, 0.1) is 0 Å². The first-order valence-electron chi connectivity index (χ1n) is 7.87. The zero-order valence-corrected chi connectivity index (χ0v) is 15.6. The highest BCUT2D eigenvalue weighted by molar-refractivity contribution is 7.99. The van der Waals surface area contributed by atoms with Gasteiger partial charge in [-0.15, -0.1) is 30.0 Å². The maximum Gasteiger partial charge on any atom is 0.524 e. The maximum atomic E-state index is 13.0. The molecule has 1 atom stereocenters. The third-order valence-electron chi connectivity index (χ3n) is 3.86. The van der Waals surface area contributed by atoms with Crippen LogP contribution in [-0.4, -0.2) is 37.8 Å². The molecule has 11 heteroatoms. The number of benzene rings is 1. The van der Waals surface area contributed by atoms with E-state index in [9.17, 15) is 18.0 Å². The number of aromatic nitrogens is 3. The summed E-state index contributed by atoms with van der Waals surface area (Å²) in [5, 5.41) is 18.8. The van der Waals surface area contributed by atoms with Gasteiger partial charge in [0.15, 0.2) is 5.69 Å². The number of H-pyrrole nitrogens is 1. The number of aromatic carboxylic acids is 1. The van der Waals surface area contributed by atoms with Crippen LogP contribution in [0.15, 0.2) is 42.5 Å². The Kier molecular flexibility index (Phi) is 5.82. The summed E-state index contributed by atoms with van der Waals surface area (Å²) in [5.74, 6) is -1.44. The lowest BCUT2D eigenvalue weighted by Crippen LogP contribution is -2.34. The number of carboxylic acids is 1. The monoisotopic (exact) mass is 431 g/mol. The van der Waals surface area contributed by atoms with Gasteiger partial charge in [-0.25, -0.2) is 4.79 Å². The Bertz CT molecular complexity index is 945. The van der Waals surface area contributed by atoms with Gasteiger partial charge in [-0.2, -0.15) is 0 Å². The number of carbonyl (C=O) groups is 1. The van der Waals surface area contributed by atoms with Gasteiger partial charge >= 0.3 is 12.3 Å². The van der Waals surface area contributed by atoms with Crippen molar-refractivity contribution in [3.63, 3.8) is 0 Å². The standard InChI is InChI=1S/C17H13ClF3N3O3S/c18-12-3-1-2-11(8-12)10-4-6-16(7-5-10,27-17(19,20)21)28-9-13-14(15(25)26)23-24-22-13/h1-6,8H,7,9H2,(H,25,26)(H,22,23,24). The molecule has 28 heavy (non-hydrogen) atoms. The third kappa shape index (κ3) is 4.94. The van der Waals surface area contributed by atoms with Crippen molar-refractivity contribution in [2.45, 2.75) is 23.5 Å². The first-order chi connectivity index (χ1) is 13.2. The summed E-state index contributed by atoms with van der Waals surface area (Å²) in [7, 11) is 0. The molecule has 0 saturated carbocycles. The second-order valence-corrected chi connectivity index (χ2v) is 7.50. The number of carboxylic acid groups (broad SMARTS) is 1. The van der Waals surface area contributed by atoms with E-state index in [4.69, 9.17) is 16.7 Å². The average molecular weight is 432 g/mol. The van der Waals surface area contributed by atoms with E-state index in [-0.39, 0.29) is 23.6 Å². The van der Waals surface area contributed by atoms with E-state index in [1.165, 1.54) is 12.2 Å². The summed E-state index contributed by atoms with van der Waals surface area (Å²) in [4.78, 5) is 9.35. The van der Waals surface area contributed by atoms with E-state index >= 15 is 0 Å². The molecule has 1 aromatic carbocycles. The second-order valence-electron chi connectivity index (χ2n) is 5.79. The van der Waals surface area contributed by atoms with Crippen LogP contribution in [0, 0.1) is 0 Å². The smallest absolute Gasteiger partial charge is 0.476 e. The molecule has 148 valence electrons. The van der Waals surface area contributed by atoms with Crippen LogP contribution in [0.5, 0.6) is 0 Å². The molecule has 0 fully saturated rings. The molecule has 0 amide bonds. The fourth-order valence-electron chi connectivity index (χ4n) is 2.61. The fourth-order valence-corrected chi connectivity index (χ4v) is 3.90. The largest absolute Gasteiger partial charge is 0.524 e. The van der Waals surface area contributed by atoms with E-state index in [2.05, 4.69) is 20.1 Å². The van der Waals surface area contributed by atoms with Gasteiger partial charge in [0.25, 0.3) is 0 Å². The molecule has 0 bridgehead atoms. The van der Waals surface area contributed by atoms with Gasteiger partial charge in [-0.1, -0.05) is 41.1 Å². The minimum absolute atomic E-state index is 0.0284. The van der Waals surface area contributed by atoms with Gasteiger partial charge in [-0.3, -0.25) is 9.84 Å². The lowest BCUT2D eigenvalue weighted by molar-refractivity contribution is -0.342. The fraction of sp³-hybridized carbons (Fsp3) is 0.235. The highest BCUT2D eigenvalue weighted by Crippen LogP contribution is 2.43. The molecule has 1 heterocycles. The van der Waals surface area contributed by atoms with E-state index in [0.717, 1.165) is 17.3 Å². The van der Waals surface area contributed by atoms with Crippen LogP contribution >= 0.6 is 23.4 Å². The van der Waals surface area contributed by atoms with Gasteiger partial charge in [-0.05, 0) is 29.3 Å². The molecule has 0 radical (unpaired) electrons. The normalized spacial score (nSPS) is 19.5. The Hall–Kier alpha value is -2.30. The van der Waals surface area contributed by atoms with E-state index in [0.29, 0.717) is 10.6 Å². The number of ether oxygens (including phenoxy) is 1. The Balaban J connectivity index is 1.81. The zero-order valence-electron chi connectivity index (χ0n) is 14.0. The van der Waals surface area contributed by atoms with Crippen LogP contribution in [0.25, 0.3) is 5.57 Å². The predicted octanol–water partition coefficient (Wildman–Crippen LogP) is 4.67. The molecule has 2 aromatic rings. The summed E-state index contributed by atoms with van der Waals surface area (Å²) in [5.41, 5.74) is 1.22. The van der Waals surface area contributed by atoms with Gasteiger partial charge < -0.3 is 5.11 Å². The molecule has 3 rings (SSSR count). The van der Waals surface area contributed by atoms with Crippen molar-refractivity contribution < 1.29 is 27.8 Å². The quantitative estimate of drug-likeness (QED) is 0.646. The van der Waals surface area contributed by atoms with E-state index in [1.807, 2.05) is 0 Å². The summed E-state index contributed by atoms with van der Waals surface area (Å²) < 4.78 is 43.4. The van der Waals surface area contributed by atoms with Crippen molar-refractivity contribution >= 4 is 34.9 Å². The topological polar surface area (TPSA) is 88.1 Å². The summed E-state index contributed by atoms with van der Waals surface area (Å²) in [6.45, 7) is 0. The van der Waals surface area contributed by atoms with Crippen molar-refractivity contribution in [3.05, 3.63) is 64.5 Å². The zero-order chi connectivity index (χ0) is 20.4. The molecular formula is C17H13ClF3N3O3S. The van der Waals surface area contributed by atoms with Gasteiger partial charge in [0, 0.05) is 17.2 Å². The number of alkyl halides is 3. The minimum atomic E-state index is -4.88. The number of hydrogen-bond acceptors (Lipinski definition) is 5. The molecule has 2 N–H and O–H groups in total. The van der Waals surface area contributed by atoms with Crippen molar-refractivity contribution in [3.8, 4) is 0 Å². The van der Waals surface area contributed by atoms with Gasteiger partial charge in [0.1, 0.15) is 10.6 Å². The van der Waals surface area contributed by atoms with Crippen LogP contribution in [0.2, 0.25) is 5.02 Å². The average Bonchev–Trinajstić information content (AvgIpc) is 3.08. The SMILES string of the molecule is O=C(O)c1[nH]nnc1CSC1(OC(F)(F)F)C=CC(c2cccc(Cl)c2)=CC1. The van der Waals surface area contributed by atoms with Crippen molar-refractivity contribution in [2.24, 2.45) is 0 Å². The lowest BCUT2D eigenvalue weighted by atomic mass is 9.98. The molecule has 6 nitrogen and oxygen atoms in total. The van der Waals surface area contributed by atoms with E-state index < -0.39 is 17.3 Å². The van der Waals surface area contributed by atoms with Crippen molar-refractivity contribution in [2.75, 3.05) is 0 Å². The van der Waals surface area contributed by atoms with Crippen LogP contribution in [0.4, 0.5) is 13.2 Å². The van der Waals surface area contributed by atoms with Crippen molar-refractivity contribution in [1.29, 1.82) is 0 Å². The molecule has 0 aliphatic heterocycles. The van der Waals surface area contributed by atoms with Crippen LogP contribution in [0.1, 0.15) is 28.2 Å². The molecule has 1 unspecified atom stereocenters. The number of rotatable bonds is 6. The number of nitrogens with one attached hydrogen (secondary N) is 1. The van der Waals surface area contributed by atoms with Crippen LogP contribution < -0.4 is 0 Å². The highest BCUT2D eigenvalue weighted by Gasteiger charge is 2.43. The van der Waals surface area contributed by atoms with Crippen LogP contribution in [-0.2, 0) is 10.5 Å². The van der Waals surface area contributed by atoms with E-state index in [1.54, 1.807) is 30.3 Å². The van der Waals surface area contributed by atoms with Gasteiger partial charge in [0.2, 0.25) is 0 Å². The summed E-state index contributed by atoms with van der Waals surface area (Å²) in [6, 6.07) is 6.94. The second kappa shape index (κ2) is 7.98. The number of allylic oxidation sites excluding steroid dienone is 2. The predicted molar refractivity (Wildman–Crippen MR) is 97.7 cm³/mol. The first kappa shape index (κ1) is 20.4. The molecule has 0 saturated heterocycles. The minimum Gasteiger partial charge on any atom is -0.476 e. The molecular weight excluding hydrogens is 419 g/mol. The first-order valence-corrected chi connectivity index (χ1v) is 9.23. The number of aromatic amines is 1. The Morgan fingerprint density at radius 2 is 2.21 bits per heavy atom. The number of hydrogen-bond donors (Lipinski definition) is 2. The Morgan fingerprint density at radius 3 is 2.82 bits per heavy atom.